The molecule has 2 rings (SSSR count). The lowest BCUT2D eigenvalue weighted by atomic mass is 10.1. The first kappa shape index (κ1) is 14.5. The van der Waals surface area contributed by atoms with Crippen LogP contribution in [-0.4, -0.2) is 14.7 Å². The Morgan fingerprint density at radius 3 is 2.35 bits per heavy atom. The zero-order valence-corrected chi connectivity index (χ0v) is 12.1. The lowest BCUT2D eigenvalue weighted by Gasteiger charge is -2.16. The normalized spacial score (nSPS) is 12.9. The van der Waals surface area contributed by atoms with Crippen LogP contribution in [0, 0.1) is 5.82 Å². The molecule has 0 aliphatic carbocycles. The van der Waals surface area contributed by atoms with Gasteiger partial charge in [-0.15, -0.1) is 0 Å². The van der Waals surface area contributed by atoms with E-state index in [1.54, 1.807) is 36.4 Å². The third-order valence-electron chi connectivity index (χ3n) is 3.02. The molecule has 0 aromatic heterocycles. The van der Waals surface area contributed by atoms with E-state index in [2.05, 4.69) is 5.32 Å². The van der Waals surface area contributed by atoms with E-state index in [0.717, 1.165) is 5.56 Å². The van der Waals surface area contributed by atoms with Gasteiger partial charge in [-0.2, -0.15) is 0 Å². The smallest absolute Gasteiger partial charge is 0.175 e. The van der Waals surface area contributed by atoms with Crippen LogP contribution in [0.5, 0.6) is 0 Å². The maximum absolute atomic E-state index is 12.9. The van der Waals surface area contributed by atoms with Crippen molar-refractivity contribution in [3.05, 3.63) is 59.9 Å². The van der Waals surface area contributed by atoms with Gasteiger partial charge >= 0.3 is 0 Å². The summed E-state index contributed by atoms with van der Waals surface area (Å²) in [7, 11) is -3.22. The lowest BCUT2D eigenvalue weighted by Crippen LogP contribution is -2.07. The van der Waals surface area contributed by atoms with Gasteiger partial charge in [-0.1, -0.05) is 18.2 Å². The Hall–Kier alpha value is -1.88. The molecule has 5 heteroatoms. The molecule has 0 radical (unpaired) electrons. The van der Waals surface area contributed by atoms with Crippen LogP contribution in [0.25, 0.3) is 0 Å². The maximum Gasteiger partial charge on any atom is 0.175 e. The fraction of sp³-hybridized carbons (Fsp3) is 0.200. The third kappa shape index (κ3) is 3.57. The fourth-order valence-corrected chi connectivity index (χ4v) is 2.57. The molecule has 0 bridgehead atoms. The highest BCUT2D eigenvalue weighted by Crippen LogP contribution is 2.21. The molecule has 1 unspecified atom stereocenters. The number of hydrogen-bond donors (Lipinski definition) is 1. The molecule has 3 nitrogen and oxygen atoms in total. The molecule has 2 aromatic rings. The van der Waals surface area contributed by atoms with Crippen molar-refractivity contribution in [2.24, 2.45) is 0 Å². The van der Waals surface area contributed by atoms with Gasteiger partial charge in [0, 0.05) is 18.0 Å². The first-order chi connectivity index (χ1) is 9.36. The Labute approximate surface area is 118 Å². The van der Waals surface area contributed by atoms with Gasteiger partial charge < -0.3 is 5.32 Å². The second-order valence-corrected chi connectivity index (χ2v) is 6.73. The molecule has 106 valence electrons. The van der Waals surface area contributed by atoms with Crippen LogP contribution in [0.3, 0.4) is 0 Å². The van der Waals surface area contributed by atoms with E-state index >= 15 is 0 Å². The summed E-state index contributed by atoms with van der Waals surface area (Å²) in [6.45, 7) is 1.93. The van der Waals surface area contributed by atoms with Gasteiger partial charge in [0.2, 0.25) is 0 Å². The monoisotopic (exact) mass is 293 g/mol. The van der Waals surface area contributed by atoms with Crippen LogP contribution in [0.1, 0.15) is 18.5 Å². The minimum absolute atomic E-state index is 0.0505. The average molecular weight is 293 g/mol. The van der Waals surface area contributed by atoms with Crippen LogP contribution in [0.15, 0.2) is 53.4 Å². The van der Waals surface area contributed by atoms with Crippen molar-refractivity contribution in [2.75, 3.05) is 11.6 Å². The Morgan fingerprint density at radius 1 is 1.10 bits per heavy atom. The molecule has 0 aliphatic heterocycles. The predicted octanol–water partition coefficient (Wildman–Crippen LogP) is 3.40. The standard InChI is InChI=1S/C15H16FNO2S/c1-11(12-6-8-13(16)9-7-12)17-14-4-3-5-15(10-14)20(2,18)19/h3-11,17H,1-2H3. The van der Waals surface area contributed by atoms with Crippen LogP contribution in [0.4, 0.5) is 10.1 Å². The van der Waals surface area contributed by atoms with Gasteiger partial charge in [0.15, 0.2) is 9.84 Å². The van der Waals surface area contributed by atoms with E-state index in [9.17, 15) is 12.8 Å². The summed E-state index contributed by atoms with van der Waals surface area (Å²) in [6.07, 6.45) is 1.18. The predicted molar refractivity (Wildman–Crippen MR) is 78.0 cm³/mol. The van der Waals surface area contributed by atoms with E-state index in [0.29, 0.717) is 5.69 Å². The maximum atomic E-state index is 12.9. The number of benzene rings is 2. The van der Waals surface area contributed by atoms with Crippen LogP contribution < -0.4 is 5.32 Å². The molecule has 2 aromatic carbocycles. The highest BCUT2D eigenvalue weighted by molar-refractivity contribution is 7.90. The molecule has 1 atom stereocenters. The second kappa shape index (κ2) is 5.63. The fourth-order valence-electron chi connectivity index (χ4n) is 1.90. The van der Waals surface area contributed by atoms with Crippen LogP contribution in [0.2, 0.25) is 0 Å². The van der Waals surface area contributed by atoms with Gasteiger partial charge in [0.25, 0.3) is 0 Å². The number of hydrogen-bond acceptors (Lipinski definition) is 3. The van der Waals surface area contributed by atoms with E-state index in [4.69, 9.17) is 0 Å². The van der Waals surface area contributed by atoms with Crippen molar-refractivity contribution in [2.45, 2.75) is 17.9 Å². The molecule has 0 spiro atoms. The van der Waals surface area contributed by atoms with Crippen LogP contribution in [-0.2, 0) is 9.84 Å². The zero-order chi connectivity index (χ0) is 14.8. The van der Waals surface area contributed by atoms with Gasteiger partial charge in [-0.05, 0) is 42.8 Å². The van der Waals surface area contributed by atoms with Gasteiger partial charge in [-0.3, -0.25) is 0 Å². The van der Waals surface area contributed by atoms with Crippen molar-refractivity contribution in [1.29, 1.82) is 0 Å². The highest BCUT2D eigenvalue weighted by atomic mass is 32.2. The molecule has 0 heterocycles. The molecule has 0 amide bonds. The third-order valence-corrected chi connectivity index (χ3v) is 4.13. The van der Waals surface area contributed by atoms with E-state index < -0.39 is 9.84 Å². The van der Waals surface area contributed by atoms with Crippen molar-refractivity contribution in [3.63, 3.8) is 0 Å². The van der Waals surface area contributed by atoms with Crippen molar-refractivity contribution in [1.82, 2.24) is 0 Å². The molecular weight excluding hydrogens is 277 g/mol. The summed E-state index contributed by atoms with van der Waals surface area (Å²) in [6, 6.07) is 12.8. The summed E-state index contributed by atoms with van der Waals surface area (Å²) in [5.74, 6) is -0.278. The second-order valence-electron chi connectivity index (χ2n) is 4.72. The Bertz CT molecular complexity index is 696. The van der Waals surface area contributed by atoms with Crippen molar-refractivity contribution in [3.8, 4) is 0 Å². The topological polar surface area (TPSA) is 46.2 Å². The molecular formula is C15H16FNO2S. The van der Waals surface area contributed by atoms with Gasteiger partial charge in [0.05, 0.1) is 4.90 Å². The average Bonchev–Trinajstić information content (AvgIpc) is 2.38. The number of rotatable bonds is 4. The van der Waals surface area contributed by atoms with E-state index in [1.807, 2.05) is 6.92 Å². The molecule has 0 fully saturated rings. The quantitative estimate of drug-likeness (QED) is 0.939. The van der Waals surface area contributed by atoms with Gasteiger partial charge in [0.1, 0.15) is 5.82 Å². The lowest BCUT2D eigenvalue weighted by molar-refractivity contribution is 0.602. The highest BCUT2D eigenvalue weighted by Gasteiger charge is 2.09. The summed E-state index contributed by atoms with van der Waals surface area (Å²) in [4.78, 5) is 0.272. The zero-order valence-electron chi connectivity index (χ0n) is 11.3. The van der Waals surface area contributed by atoms with E-state index in [-0.39, 0.29) is 16.8 Å². The van der Waals surface area contributed by atoms with Gasteiger partial charge in [-0.25, -0.2) is 12.8 Å². The number of nitrogens with one attached hydrogen (secondary N) is 1. The van der Waals surface area contributed by atoms with E-state index in [1.165, 1.54) is 18.4 Å². The Kier molecular flexibility index (Phi) is 4.09. The number of sulfone groups is 1. The molecule has 20 heavy (non-hydrogen) atoms. The summed E-state index contributed by atoms with van der Waals surface area (Å²) >= 11 is 0. The minimum Gasteiger partial charge on any atom is -0.378 e. The molecule has 0 aliphatic rings. The number of halogens is 1. The first-order valence-corrected chi connectivity index (χ1v) is 8.07. The molecule has 0 saturated heterocycles. The number of anilines is 1. The van der Waals surface area contributed by atoms with Crippen molar-refractivity contribution < 1.29 is 12.8 Å². The molecule has 0 saturated carbocycles. The Balaban J connectivity index is 2.20. The SMILES string of the molecule is CC(Nc1cccc(S(C)(=O)=O)c1)c1ccc(F)cc1. The molecule has 1 N–H and O–H groups in total. The largest absolute Gasteiger partial charge is 0.378 e. The van der Waals surface area contributed by atoms with Crippen LogP contribution >= 0.6 is 0 Å². The Morgan fingerprint density at radius 2 is 1.75 bits per heavy atom. The summed E-state index contributed by atoms with van der Waals surface area (Å²) in [5, 5.41) is 3.20. The minimum atomic E-state index is -3.22. The summed E-state index contributed by atoms with van der Waals surface area (Å²) < 4.78 is 35.9. The van der Waals surface area contributed by atoms with Crippen molar-refractivity contribution >= 4 is 15.5 Å². The first-order valence-electron chi connectivity index (χ1n) is 6.18. The summed E-state index contributed by atoms with van der Waals surface area (Å²) in [5.41, 5.74) is 1.64.